The fraction of sp³-hybridized carbons (Fsp3) is 0.600. The molecule has 1 unspecified atom stereocenters. The average Bonchev–Trinajstić information content (AvgIpc) is 2.98. The van der Waals surface area contributed by atoms with Crippen molar-refractivity contribution in [1.82, 2.24) is 5.32 Å². The zero-order valence-electron chi connectivity index (χ0n) is 10.7. The highest BCUT2D eigenvalue weighted by molar-refractivity contribution is 5.20. The van der Waals surface area contributed by atoms with Crippen molar-refractivity contribution < 1.29 is 0 Å². The van der Waals surface area contributed by atoms with Crippen LogP contribution in [0.2, 0.25) is 0 Å². The zero-order chi connectivity index (χ0) is 11.6. The molecule has 0 spiro atoms. The van der Waals surface area contributed by atoms with Gasteiger partial charge in [0, 0.05) is 12.1 Å². The maximum Gasteiger partial charge on any atom is 0.0155 e. The van der Waals surface area contributed by atoms with E-state index in [-0.39, 0.29) is 0 Å². The summed E-state index contributed by atoms with van der Waals surface area (Å²) in [5.41, 5.74) is 1.91. The molecule has 1 saturated carbocycles. The topological polar surface area (TPSA) is 12.0 Å². The summed E-state index contributed by atoms with van der Waals surface area (Å²) in [5.74, 6) is 1.33. The highest BCUT2D eigenvalue weighted by Gasteiger charge is 2.37. The van der Waals surface area contributed by atoms with E-state index in [2.05, 4.69) is 56.4 Å². The molecule has 0 heterocycles. The molecule has 0 aliphatic heterocycles. The third kappa shape index (κ3) is 2.85. The Morgan fingerprint density at radius 3 is 2.31 bits per heavy atom. The lowest BCUT2D eigenvalue weighted by Gasteiger charge is -2.24. The van der Waals surface area contributed by atoms with Crippen LogP contribution in [0.15, 0.2) is 30.3 Å². The molecule has 1 aromatic carbocycles. The Hall–Kier alpha value is -0.820. The third-order valence-electron chi connectivity index (χ3n) is 3.78. The molecule has 1 heteroatoms. The molecule has 1 aliphatic carbocycles. The van der Waals surface area contributed by atoms with Gasteiger partial charge >= 0.3 is 0 Å². The summed E-state index contributed by atoms with van der Waals surface area (Å²) in [7, 11) is 0. The minimum Gasteiger partial charge on any atom is -0.311 e. The minimum atomic E-state index is 0.446. The van der Waals surface area contributed by atoms with Crippen LogP contribution < -0.4 is 5.32 Å². The molecule has 1 atom stereocenters. The Kier molecular flexibility index (Phi) is 3.34. The van der Waals surface area contributed by atoms with Crippen LogP contribution in [0.3, 0.4) is 0 Å². The van der Waals surface area contributed by atoms with Gasteiger partial charge in [0.15, 0.2) is 0 Å². The first-order valence-corrected chi connectivity index (χ1v) is 6.41. The van der Waals surface area contributed by atoms with E-state index < -0.39 is 0 Å². The quantitative estimate of drug-likeness (QED) is 0.795. The molecule has 0 aromatic heterocycles. The highest BCUT2D eigenvalue weighted by Crippen LogP contribution is 2.35. The van der Waals surface area contributed by atoms with Gasteiger partial charge in [-0.05, 0) is 37.2 Å². The Labute approximate surface area is 99.3 Å². The molecule has 0 saturated heterocycles. The van der Waals surface area contributed by atoms with Gasteiger partial charge in [-0.15, -0.1) is 0 Å². The van der Waals surface area contributed by atoms with Gasteiger partial charge in [-0.25, -0.2) is 0 Å². The van der Waals surface area contributed by atoms with E-state index in [9.17, 15) is 0 Å². The van der Waals surface area contributed by atoms with Crippen molar-refractivity contribution in [3.8, 4) is 0 Å². The van der Waals surface area contributed by atoms with E-state index in [1.807, 2.05) is 0 Å². The normalized spacial score (nSPS) is 19.8. The molecule has 2 rings (SSSR count). The molecule has 1 aromatic rings. The predicted molar refractivity (Wildman–Crippen MR) is 69.7 cm³/mol. The van der Waals surface area contributed by atoms with E-state index in [1.165, 1.54) is 18.4 Å². The molecule has 16 heavy (non-hydrogen) atoms. The number of nitrogens with one attached hydrogen (secondary N) is 1. The zero-order valence-corrected chi connectivity index (χ0v) is 10.7. The second kappa shape index (κ2) is 4.58. The number of hydrogen-bond acceptors (Lipinski definition) is 1. The Morgan fingerprint density at radius 2 is 1.81 bits per heavy atom. The molecular formula is C15H23N. The summed E-state index contributed by atoms with van der Waals surface area (Å²) in [4.78, 5) is 0. The first-order chi connectivity index (χ1) is 7.61. The van der Waals surface area contributed by atoms with Crippen LogP contribution in [-0.4, -0.2) is 12.1 Å². The molecule has 1 fully saturated rings. The Balaban J connectivity index is 2.00. The van der Waals surface area contributed by atoms with Gasteiger partial charge in [0.25, 0.3) is 0 Å². The number of rotatable bonds is 5. The van der Waals surface area contributed by atoms with Crippen molar-refractivity contribution >= 4 is 0 Å². The summed E-state index contributed by atoms with van der Waals surface area (Å²) >= 11 is 0. The van der Waals surface area contributed by atoms with E-state index in [0.717, 1.165) is 6.54 Å². The second-order valence-electron chi connectivity index (χ2n) is 5.70. The van der Waals surface area contributed by atoms with Crippen LogP contribution in [-0.2, 0) is 0 Å². The lowest BCUT2D eigenvalue weighted by Crippen LogP contribution is -2.33. The third-order valence-corrected chi connectivity index (χ3v) is 3.78. The van der Waals surface area contributed by atoms with Crippen LogP contribution in [0.5, 0.6) is 0 Å². The molecule has 0 amide bonds. The highest BCUT2D eigenvalue weighted by atomic mass is 15.0. The Bertz CT molecular complexity index is 325. The van der Waals surface area contributed by atoms with Crippen LogP contribution in [0, 0.1) is 5.92 Å². The van der Waals surface area contributed by atoms with Crippen LogP contribution >= 0.6 is 0 Å². The lowest BCUT2D eigenvalue weighted by atomic mass is 9.88. The van der Waals surface area contributed by atoms with Crippen LogP contribution in [0.4, 0.5) is 0 Å². The fourth-order valence-electron chi connectivity index (χ4n) is 2.16. The van der Waals surface area contributed by atoms with Gasteiger partial charge in [-0.2, -0.15) is 0 Å². The van der Waals surface area contributed by atoms with Gasteiger partial charge in [0.1, 0.15) is 0 Å². The van der Waals surface area contributed by atoms with Crippen molar-refractivity contribution in [3.05, 3.63) is 35.9 Å². The maximum absolute atomic E-state index is 3.71. The lowest BCUT2D eigenvalue weighted by molar-refractivity contribution is 0.424. The summed E-state index contributed by atoms with van der Waals surface area (Å²) in [5, 5.41) is 3.71. The van der Waals surface area contributed by atoms with E-state index in [1.54, 1.807) is 0 Å². The minimum absolute atomic E-state index is 0.446. The summed E-state index contributed by atoms with van der Waals surface area (Å²) < 4.78 is 0. The van der Waals surface area contributed by atoms with Gasteiger partial charge in [-0.3, -0.25) is 0 Å². The SMILES string of the molecule is CC(C)C(CNC1(C)CC1)c1ccccc1. The largest absolute Gasteiger partial charge is 0.311 e. The van der Waals surface area contributed by atoms with E-state index in [0.29, 0.717) is 17.4 Å². The van der Waals surface area contributed by atoms with Crippen molar-refractivity contribution in [2.75, 3.05) is 6.54 Å². The fourth-order valence-corrected chi connectivity index (χ4v) is 2.16. The van der Waals surface area contributed by atoms with E-state index >= 15 is 0 Å². The predicted octanol–water partition coefficient (Wildman–Crippen LogP) is 3.57. The smallest absolute Gasteiger partial charge is 0.0155 e. The summed E-state index contributed by atoms with van der Waals surface area (Å²) in [6, 6.07) is 10.9. The second-order valence-corrected chi connectivity index (χ2v) is 5.70. The number of hydrogen-bond donors (Lipinski definition) is 1. The van der Waals surface area contributed by atoms with Gasteiger partial charge in [-0.1, -0.05) is 44.2 Å². The molecule has 1 nitrogen and oxygen atoms in total. The molecular weight excluding hydrogens is 194 g/mol. The van der Waals surface area contributed by atoms with Crippen molar-refractivity contribution in [3.63, 3.8) is 0 Å². The van der Waals surface area contributed by atoms with Crippen molar-refractivity contribution in [1.29, 1.82) is 0 Å². The molecule has 1 N–H and O–H groups in total. The van der Waals surface area contributed by atoms with Crippen LogP contribution in [0.25, 0.3) is 0 Å². The van der Waals surface area contributed by atoms with E-state index in [4.69, 9.17) is 0 Å². The molecule has 88 valence electrons. The average molecular weight is 217 g/mol. The summed E-state index contributed by atoms with van der Waals surface area (Å²) in [6.07, 6.45) is 2.68. The number of benzene rings is 1. The van der Waals surface area contributed by atoms with Crippen LogP contribution in [0.1, 0.15) is 45.1 Å². The monoisotopic (exact) mass is 217 g/mol. The Morgan fingerprint density at radius 1 is 1.19 bits per heavy atom. The molecule has 1 aliphatic rings. The van der Waals surface area contributed by atoms with Gasteiger partial charge in [0.2, 0.25) is 0 Å². The van der Waals surface area contributed by atoms with Crippen molar-refractivity contribution in [2.24, 2.45) is 5.92 Å². The first-order valence-electron chi connectivity index (χ1n) is 6.41. The first kappa shape index (κ1) is 11.7. The molecule has 0 bridgehead atoms. The molecule has 0 radical (unpaired) electrons. The summed E-state index contributed by atoms with van der Waals surface area (Å²) in [6.45, 7) is 8.07. The standard InChI is InChI=1S/C15H23N/c1-12(2)14(11-16-15(3)9-10-15)13-7-5-4-6-8-13/h4-8,12,14,16H,9-11H2,1-3H3. The van der Waals surface area contributed by atoms with Crippen molar-refractivity contribution in [2.45, 2.75) is 45.1 Å². The maximum atomic E-state index is 3.71. The van der Waals surface area contributed by atoms with Gasteiger partial charge < -0.3 is 5.32 Å². The van der Waals surface area contributed by atoms with Gasteiger partial charge in [0.05, 0.1) is 0 Å².